The van der Waals surface area contributed by atoms with Gasteiger partial charge in [-0.2, -0.15) is 0 Å². The average molecular weight is 472 g/mol. The molecule has 1 atom stereocenters. The molecule has 1 aliphatic heterocycles. The number of thiophene rings is 1. The zero-order chi connectivity index (χ0) is 22.4. The van der Waals surface area contributed by atoms with E-state index in [4.69, 9.17) is 4.74 Å². The summed E-state index contributed by atoms with van der Waals surface area (Å²) in [6.45, 7) is 3.74. The molecule has 1 aromatic heterocycles. The number of anilines is 1. The third-order valence-corrected chi connectivity index (χ3v) is 7.99. The summed E-state index contributed by atoms with van der Waals surface area (Å²) in [4.78, 5) is 15.2. The molecule has 0 saturated carbocycles. The largest absolute Gasteiger partial charge is 0.379 e. The van der Waals surface area contributed by atoms with Crippen molar-refractivity contribution >= 4 is 33.0 Å². The van der Waals surface area contributed by atoms with Gasteiger partial charge in [-0.25, -0.2) is 8.42 Å². The first kappa shape index (κ1) is 22.5. The van der Waals surface area contributed by atoms with Crippen molar-refractivity contribution in [3.05, 3.63) is 83.2 Å². The fraction of sp³-hybridized carbons (Fsp3) is 0.261. The maximum Gasteiger partial charge on any atom is 0.271 e. The summed E-state index contributed by atoms with van der Waals surface area (Å²) in [5.41, 5.74) is 1.91. The van der Waals surface area contributed by atoms with Gasteiger partial charge in [-0.15, -0.1) is 11.3 Å². The summed E-state index contributed by atoms with van der Waals surface area (Å²) in [5.74, 6) is -0.209. The van der Waals surface area contributed by atoms with Crippen LogP contribution in [-0.2, 0) is 14.8 Å². The summed E-state index contributed by atoms with van der Waals surface area (Å²) in [6, 6.07) is 19.4. The molecule has 32 heavy (non-hydrogen) atoms. The van der Waals surface area contributed by atoms with Gasteiger partial charge < -0.3 is 10.1 Å². The number of nitrogens with one attached hydrogen (secondary N) is 2. The van der Waals surface area contributed by atoms with E-state index in [9.17, 15) is 13.2 Å². The Labute approximate surface area is 192 Å². The average Bonchev–Trinajstić information content (AvgIpc) is 3.36. The number of hydrogen-bond donors (Lipinski definition) is 2. The molecule has 1 unspecified atom stereocenters. The second kappa shape index (κ2) is 10.3. The predicted molar refractivity (Wildman–Crippen MR) is 125 cm³/mol. The van der Waals surface area contributed by atoms with Gasteiger partial charge >= 0.3 is 0 Å². The van der Waals surface area contributed by atoms with E-state index in [-0.39, 0.29) is 16.2 Å². The molecule has 1 saturated heterocycles. The molecule has 168 valence electrons. The number of hydrogen-bond acceptors (Lipinski definition) is 6. The normalized spacial score (nSPS) is 15.8. The summed E-state index contributed by atoms with van der Waals surface area (Å²) in [5, 5.41) is 4.84. The predicted octanol–water partition coefficient (Wildman–Crippen LogP) is 3.35. The van der Waals surface area contributed by atoms with Gasteiger partial charge in [0.1, 0.15) is 4.21 Å². The number of benzene rings is 2. The zero-order valence-electron chi connectivity index (χ0n) is 17.4. The van der Waals surface area contributed by atoms with Crippen LogP contribution in [0.25, 0.3) is 0 Å². The first-order valence-corrected chi connectivity index (χ1v) is 12.7. The van der Waals surface area contributed by atoms with Crippen LogP contribution in [0, 0.1) is 0 Å². The monoisotopic (exact) mass is 471 g/mol. The van der Waals surface area contributed by atoms with Crippen LogP contribution in [0.1, 0.15) is 22.0 Å². The number of morpholine rings is 1. The highest BCUT2D eigenvalue weighted by Crippen LogP contribution is 2.21. The quantitative estimate of drug-likeness (QED) is 0.526. The fourth-order valence-electron chi connectivity index (χ4n) is 3.51. The summed E-state index contributed by atoms with van der Waals surface area (Å²) in [7, 11) is -3.62. The molecule has 2 aromatic carbocycles. The van der Waals surface area contributed by atoms with Crippen molar-refractivity contribution in [1.29, 1.82) is 0 Å². The number of nitrogens with zero attached hydrogens (tertiary/aromatic N) is 1. The van der Waals surface area contributed by atoms with Gasteiger partial charge in [-0.1, -0.05) is 36.4 Å². The highest BCUT2D eigenvalue weighted by atomic mass is 32.2. The van der Waals surface area contributed by atoms with E-state index in [0.29, 0.717) is 31.0 Å². The highest BCUT2D eigenvalue weighted by molar-refractivity contribution is 7.94. The van der Waals surface area contributed by atoms with Gasteiger partial charge in [0.25, 0.3) is 15.9 Å². The van der Waals surface area contributed by atoms with Crippen LogP contribution in [0.4, 0.5) is 5.69 Å². The molecule has 7 nitrogen and oxygen atoms in total. The minimum Gasteiger partial charge on any atom is -0.379 e. The van der Waals surface area contributed by atoms with Crippen molar-refractivity contribution in [2.45, 2.75) is 10.3 Å². The Morgan fingerprint density at radius 1 is 1.00 bits per heavy atom. The number of carbonyl (C=O) groups excluding carboxylic acids is 1. The van der Waals surface area contributed by atoms with Crippen molar-refractivity contribution < 1.29 is 17.9 Å². The van der Waals surface area contributed by atoms with Crippen LogP contribution in [0.5, 0.6) is 0 Å². The topological polar surface area (TPSA) is 87.7 Å². The standard InChI is InChI=1S/C23H25N3O4S2/c27-23(19-8-10-20(11-9-19)25-32(28,29)22-7-4-16-31-22)24-21(18-5-2-1-3-6-18)17-26-12-14-30-15-13-26/h1-11,16,21,25H,12-15,17H2,(H,24,27). The van der Waals surface area contributed by atoms with Crippen molar-refractivity contribution in [3.63, 3.8) is 0 Å². The van der Waals surface area contributed by atoms with E-state index in [1.54, 1.807) is 41.8 Å². The van der Waals surface area contributed by atoms with Crippen LogP contribution >= 0.6 is 11.3 Å². The van der Waals surface area contributed by atoms with E-state index < -0.39 is 10.0 Å². The Hall–Kier alpha value is -2.72. The van der Waals surface area contributed by atoms with Crippen molar-refractivity contribution in [2.24, 2.45) is 0 Å². The molecule has 9 heteroatoms. The molecule has 0 aliphatic carbocycles. The van der Waals surface area contributed by atoms with E-state index >= 15 is 0 Å². The highest BCUT2D eigenvalue weighted by Gasteiger charge is 2.21. The van der Waals surface area contributed by atoms with Gasteiger partial charge in [0.15, 0.2) is 0 Å². The van der Waals surface area contributed by atoms with Crippen molar-refractivity contribution in [3.8, 4) is 0 Å². The maximum absolute atomic E-state index is 13.0. The van der Waals surface area contributed by atoms with Crippen LogP contribution in [-0.4, -0.2) is 52.1 Å². The molecule has 2 N–H and O–H groups in total. The third-order valence-electron chi connectivity index (χ3n) is 5.21. The Balaban J connectivity index is 1.44. The Morgan fingerprint density at radius 2 is 1.72 bits per heavy atom. The lowest BCUT2D eigenvalue weighted by Crippen LogP contribution is -2.43. The number of sulfonamides is 1. The van der Waals surface area contributed by atoms with Gasteiger partial charge in [-0.05, 0) is 41.3 Å². The minimum absolute atomic E-state index is 0.168. The Kier molecular flexibility index (Phi) is 7.21. The number of carbonyl (C=O) groups is 1. The van der Waals surface area contributed by atoms with Gasteiger partial charge in [0, 0.05) is 30.9 Å². The maximum atomic E-state index is 13.0. The molecule has 3 aromatic rings. The van der Waals surface area contributed by atoms with E-state index in [0.717, 1.165) is 30.0 Å². The van der Waals surface area contributed by atoms with E-state index in [1.165, 1.54) is 0 Å². The van der Waals surface area contributed by atoms with E-state index in [2.05, 4.69) is 14.9 Å². The number of ether oxygens (including phenoxy) is 1. The lowest BCUT2D eigenvalue weighted by Gasteiger charge is -2.31. The third kappa shape index (κ3) is 5.74. The number of rotatable bonds is 8. The van der Waals surface area contributed by atoms with Gasteiger partial charge in [0.2, 0.25) is 0 Å². The SMILES string of the molecule is O=C(NC(CN1CCOCC1)c1ccccc1)c1ccc(NS(=O)(=O)c2cccs2)cc1. The minimum atomic E-state index is -3.62. The lowest BCUT2D eigenvalue weighted by atomic mass is 10.1. The first-order chi connectivity index (χ1) is 15.5. The molecule has 2 heterocycles. The molecule has 1 aliphatic rings. The van der Waals surface area contributed by atoms with Gasteiger partial charge in [-0.3, -0.25) is 14.4 Å². The summed E-state index contributed by atoms with van der Waals surface area (Å²) in [6.07, 6.45) is 0. The number of amides is 1. The van der Waals surface area contributed by atoms with Crippen LogP contribution in [0.3, 0.4) is 0 Å². The second-order valence-electron chi connectivity index (χ2n) is 7.46. The van der Waals surface area contributed by atoms with Crippen molar-refractivity contribution in [2.75, 3.05) is 37.6 Å². The Bertz CT molecular complexity index is 1110. The first-order valence-electron chi connectivity index (χ1n) is 10.3. The summed E-state index contributed by atoms with van der Waals surface area (Å²) < 4.78 is 33.0. The van der Waals surface area contributed by atoms with E-state index in [1.807, 2.05) is 30.3 Å². The smallest absolute Gasteiger partial charge is 0.271 e. The molecule has 1 amide bonds. The molecule has 0 spiro atoms. The second-order valence-corrected chi connectivity index (χ2v) is 10.3. The van der Waals surface area contributed by atoms with Crippen molar-refractivity contribution in [1.82, 2.24) is 10.2 Å². The molecular weight excluding hydrogens is 446 g/mol. The molecule has 0 radical (unpaired) electrons. The summed E-state index contributed by atoms with van der Waals surface area (Å²) >= 11 is 1.15. The zero-order valence-corrected chi connectivity index (χ0v) is 19.1. The van der Waals surface area contributed by atoms with Crippen LogP contribution in [0.15, 0.2) is 76.3 Å². The van der Waals surface area contributed by atoms with Crippen LogP contribution < -0.4 is 10.0 Å². The Morgan fingerprint density at radius 3 is 2.38 bits per heavy atom. The molecule has 4 rings (SSSR count). The van der Waals surface area contributed by atoms with Crippen LogP contribution in [0.2, 0.25) is 0 Å². The fourth-order valence-corrected chi connectivity index (χ4v) is 5.57. The molecule has 0 bridgehead atoms. The molecular formula is C23H25N3O4S2. The lowest BCUT2D eigenvalue weighted by molar-refractivity contribution is 0.0332. The molecule has 1 fully saturated rings. The van der Waals surface area contributed by atoms with Gasteiger partial charge in [0.05, 0.1) is 19.3 Å².